The maximum atomic E-state index is 5.38. The van der Waals surface area contributed by atoms with Gasteiger partial charge in [0, 0.05) is 4.86 Å². The Bertz CT molecular complexity index is 315. The standard InChI is InChI=1S/C11H12S/c1-8-6-7-9-4-2-3-5-10(9)11(8)12/h2-5,8H,6-7H2,1H3. The van der Waals surface area contributed by atoms with Crippen LogP contribution in [0.2, 0.25) is 0 Å². The first-order valence-corrected chi connectivity index (χ1v) is 4.82. The molecule has 0 nitrogen and oxygen atoms in total. The molecule has 1 aromatic rings. The lowest BCUT2D eigenvalue weighted by Gasteiger charge is -2.22. The van der Waals surface area contributed by atoms with Crippen molar-refractivity contribution in [2.24, 2.45) is 5.92 Å². The molecule has 0 heterocycles. The zero-order valence-electron chi connectivity index (χ0n) is 7.21. The van der Waals surface area contributed by atoms with Gasteiger partial charge in [0.1, 0.15) is 0 Å². The maximum absolute atomic E-state index is 5.38. The molecule has 0 amide bonds. The van der Waals surface area contributed by atoms with Crippen molar-refractivity contribution in [3.05, 3.63) is 35.4 Å². The van der Waals surface area contributed by atoms with Gasteiger partial charge in [0.25, 0.3) is 0 Å². The van der Waals surface area contributed by atoms with E-state index in [0.717, 1.165) is 4.86 Å². The van der Waals surface area contributed by atoms with Crippen LogP contribution in [-0.2, 0) is 6.42 Å². The van der Waals surface area contributed by atoms with Crippen LogP contribution in [0, 0.1) is 5.92 Å². The normalized spacial score (nSPS) is 22.1. The van der Waals surface area contributed by atoms with E-state index in [-0.39, 0.29) is 0 Å². The summed E-state index contributed by atoms with van der Waals surface area (Å²) in [5.74, 6) is 0.592. The van der Waals surface area contributed by atoms with Crippen molar-refractivity contribution in [1.82, 2.24) is 0 Å². The second-order valence-electron chi connectivity index (χ2n) is 3.46. The number of hydrogen-bond donors (Lipinski definition) is 0. The zero-order valence-corrected chi connectivity index (χ0v) is 8.03. The van der Waals surface area contributed by atoms with Gasteiger partial charge in [-0.3, -0.25) is 0 Å². The van der Waals surface area contributed by atoms with Gasteiger partial charge in [0.05, 0.1) is 0 Å². The van der Waals surface area contributed by atoms with Crippen LogP contribution in [0.15, 0.2) is 24.3 Å². The van der Waals surface area contributed by atoms with Crippen LogP contribution >= 0.6 is 12.2 Å². The molecule has 0 fully saturated rings. The van der Waals surface area contributed by atoms with Crippen LogP contribution in [-0.4, -0.2) is 4.86 Å². The van der Waals surface area contributed by atoms with E-state index in [1.165, 1.54) is 24.0 Å². The second kappa shape index (κ2) is 2.98. The Kier molecular flexibility index (Phi) is 1.97. The number of hydrogen-bond acceptors (Lipinski definition) is 1. The molecule has 0 radical (unpaired) electrons. The van der Waals surface area contributed by atoms with Crippen molar-refractivity contribution in [2.45, 2.75) is 19.8 Å². The third-order valence-electron chi connectivity index (χ3n) is 2.58. The van der Waals surface area contributed by atoms with Crippen molar-refractivity contribution in [2.75, 3.05) is 0 Å². The van der Waals surface area contributed by atoms with Crippen LogP contribution in [0.5, 0.6) is 0 Å². The smallest absolute Gasteiger partial charge is 0.0255 e. The van der Waals surface area contributed by atoms with E-state index < -0.39 is 0 Å². The molecular weight excluding hydrogens is 164 g/mol. The molecule has 1 aromatic carbocycles. The van der Waals surface area contributed by atoms with E-state index >= 15 is 0 Å². The van der Waals surface area contributed by atoms with Crippen molar-refractivity contribution in [3.63, 3.8) is 0 Å². The summed E-state index contributed by atoms with van der Waals surface area (Å²) in [7, 11) is 0. The van der Waals surface area contributed by atoms with Crippen molar-refractivity contribution < 1.29 is 0 Å². The molecule has 1 atom stereocenters. The lowest BCUT2D eigenvalue weighted by molar-refractivity contribution is 0.672. The summed E-state index contributed by atoms with van der Waals surface area (Å²) in [6, 6.07) is 8.50. The molecule has 62 valence electrons. The van der Waals surface area contributed by atoms with Gasteiger partial charge in [-0.1, -0.05) is 43.4 Å². The zero-order chi connectivity index (χ0) is 8.55. The highest BCUT2D eigenvalue weighted by atomic mass is 32.1. The van der Waals surface area contributed by atoms with Crippen LogP contribution in [0.3, 0.4) is 0 Å². The summed E-state index contributed by atoms with van der Waals surface area (Å²) in [5.41, 5.74) is 2.74. The maximum Gasteiger partial charge on any atom is 0.0255 e. The quantitative estimate of drug-likeness (QED) is 0.548. The molecule has 0 N–H and O–H groups in total. The lowest BCUT2D eigenvalue weighted by Crippen LogP contribution is -2.18. The number of rotatable bonds is 0. The summed E-state index contributed by atoms with van der Waals surface area (Å²) in [6.07, 6.45) is 2.41. The molecule has 1 aliphatic rings. The Labute approximate surface area is 78.6 Å². The highest BCUT2D eigenvalue weighted by molar-refractivity contribution is 7.80. The first kappa shape index (κ1) is 7.93. The first-order chi connectivity index (χ1) is 5.79. The van der Waals surface area contributed by atoms with Gasteiger partial charge in [-0.15, -0.1) is 0 Å². The van der Waals surface area contributed by atoms with Crippen LogP contribution in [0.1, 0.15) is 24.5 Å². The monoisotopic (exact) mass is 176 g/mol. The summed E-state index contributed by atoms with van der Waals surface area (Å²) < 4.78 is 0. The molecule has 0 saturated heterocycles. The minimum Gasteiger partial charge on any atom is -0.0840 e. The van der Waals surface area contributed by atoms with Gasteiger partial charge < -0.3 is 0 Å². The third-order valence-corrected chi connectivity index (χ3v) is 3.20. The number of benzene rings is 1. The average molecular weight is 176 g/mol. The molecule has 0 bridgehead atoms. The molecule has 1 heteroatoms. The van der Waals surface area contributed by atoms with Crippen molar-refractivity contribution >= 4 is 17.1 Å². The SMILES string of the molecule is CC1CCc2ccccc2C1=S. The summed E-state index contributed by atoms with van der Waals surface area (Å²) in [4.78, 5) is 1.15. The molecule has 0 aliphatic heterocycles. The van der Waals surface area contributed by atoms with Crippen molar-refractivity contribution in [1.29, 1.82) is 0 Å². The fourth-order valence-electron chi connectivity index (χ4n) is 1.75. The van der Waals surface area contributed by atoms with Crippen LogP contribution in [0.4, 0.5) is 0 Å². The highest BCUT2D eigenvalue weighted by Gasteiger charge is 2.19. The van der Waals surface area contributed by atoms with Crippen LogP contribution in [0.25, 0.3) is 0 Å². The average Bonchev–Trinajstić information content (AvgIpc) is 2.12. The van der Waals surface area contributed by atoms with E-state index in [2.05, 4.69) is 31.2 Å². The van der Waals surface area contributed by atoms with E-state index in [9.17, 15) is 0 Å². The highest BCUT2D eigenvalue weighted by Crippen LogP contribution is 2.25. The summed E-state index contributed by atoms with van der Waals surface area (Å²) in [5, 5.41) is 0. The van der Waals surface area contributed by atoms with Gasteiger partial charge >= 0.3 is 0 Å². The number of fused-ring (bicyclic) bond motifs is 1. The van der Waals surface area contributed by atoms with Crippen LogP contribution < -0.4 is 0 Å². The Hall–Kier alpha value is -0.690. The predicted molar refractivity (Wildman–Crippen MR) is 55.6 cm³/mol. The van der Waals surface area contributed by atoms with Gasteiger partial charge in [0.2, 0.25) is 0 Å². The minimum atomic E-state index is 0.592. The first-order valence-electron chi connectivity index (χ1n) is 4.41. The third kappa shape index (κ3) is 1.18. The van der Waals surface area contributed by atoms with Gasteiger partial charge in [-0.2, -0.15) is 0 Å². The van der Waals surface area contributed by atoms with E-state index in [1.807, 2.05) is 0 Å². The predicted octanol–water partition coefficient (Wildman–Crippen LogP) is 2.99. The number of thiocarbonyl (C=S) groups is 1. The molecule has 12 heavy (non-hydrogen) atoms. The Morgan fingerprint density at radius 3 is 2.92 bits per heavy atom. The molecule has 1 aliphatic carbocycles. The van der Waals surface area contributed by atoms with Gasteiger partial charge in [-0.25, -0.2) is 0 Å². The topological polar surface area (TPSA) is 0 Å². The number of aryl methyl sites for hydroxylation is 1. The van der Waals surface area contributed by atoms with Gasteiger partial charge in [0.15, 0.2) is 0 Å². The molecule has 0 spiro atoms. The van der Waals surface area contributed by atoms with E-state index in [0.29, 0.717) is 5.92 Å². The summed E-state index contributed by atoms with van der Waals surface area (Å²) in [6.45, 7) is 2.22. The Morgan fingerprint density at radius 2 is 2.08 bits per heavy atom. The molecule has 2 rings (SSSR count). The van der Waals surface area contributed by atoms with E-state index in [4.69, 9.17) is 12.2 Å². The molecule has 0 saturated carbocycles. The Balaban J connectivity index is 2.49. The molecular formula is C11H12S. The molecule has 0 aromatic heterocycles. The minimum absolute atomic E-state index is 0.592. The Morgan fingerprint density at radius 1 is 1.33 bits per heavy atom. The van der Waals surface area contributed by atoms with E-state index in [1.54, 1.807) is 0 Å². The second-order valence-corrected chi connectivity index (χ2v) is 3.90. The molecule has 1 unspecified atom stereocenters. The fraction of sp³-hybridized carbons (Fsp3) is 0.364. The van der Waals surface area contributed by atoms with Gasteiger partial charge in [-0.05, 0) is 29.9 Å². The van der Waals surface area contributed by atoms with Crippen molar-refractivity contribution in [3.8, 4) is 0 Å². The lowest BCUT2D eigenvalue weighted by atomic mass is 9.85. The summed E-state index contributed by atoms with van der Waals surface area (Å²) >= 11 is 5.38. The fourth-order valence-corrected chi connectivity index (χ4v) is 2.06. The largest absolute Gasteiger partial charge is 0.0840 e.